The minimum atomic E-state index is -0.0460. The molecule has 0 saturated heterocycles. The van der Waals surface area contributed by atoms with Gasteiger partial charge >= 0.3 is 0 Å². The molecule has 0 aromatic heterocycles. The van der Waals surface area contributed by atoms with Crippen molar-refractivity contribution >= 4 is 5.91 Å². The average molecular weight is 339 g/mol. The van der Waals surface area contributed by atoms with Gasteiger partial charge in [-0.25, -0.2) is 0 Å². The Bertz CT molecular complexity index is 712. The molecule has 3 rings (SSSR count). The zero-order valence-corrected chi connectivity index (χ0v) is 15.0. The van der Waals surface area contributed by atoms with Gasteiger partial charge in [-0.2, -0.15) is 0 Å². The monoisotopic (exact) mass is 339 g/mol. The summed E-state index contributed by atoms with van der Waals surface area (Å²) >= 11 is 0. The van der Waals surface area contributed by atoms with Gasteiger partial charge in [-0.15, -0.1) is 0 Å². The summed E-state index contributed by atoms with van der Waals surface area (Å²) in [5, 5.41) is 2.94. The van der Waals surface area contributed by atoms with Gasteiger partial charge in [0.1, 0.15) is 13.1 Å². The average Bonchev–Trinajstić information content (AvgIpc) is 2.62. The van der Waals surface area contributed by atoms with Crippen LogP contribution in [0.5, 0.6) is 0 Å². The molecule has 2 atom stereocenters. The molecule has 4 nitrogen and oxygen atoms in total. The van der Waals surface area contributed by atoms with Crippen molar-refractivity contribution in [3.05, 3.63) is 70.8 Å². The molecule has 0 fully saturated rings. The summed E-state index contributed by atoms with van der Waals surface area (Å²) in [5.74, 6) is -0.0460. The van der Waals surface area contributed by atoms with Gasteiger partial charge in [0.2, 0.25) is 0 Å². The topological polar surface area (TPSA) is 42.8 Å². The molecule has 2 aromatic carbocycles. The number of nitrogens with one attached hydrogen (secondary N) is 2. The number of amides is 1. The first-order valence-corrected chi connectivity index (χ1v) is 8.95. The van der Waals surface area contributed by atoms with E-state index in [0.29, 0.717) is 12.2 Å². The number of fused-ring (bicyclic) bond motifs is 1. The molecule has 4 heteroatoms. The quantitative estimate of drug-likeness (QED) is 0.839. The Morgan fingerprint density at radius 3 is 2.60 bits per heavy atom. The van der Waals surface area contributed by atoms with Crippen LogP contribution in [0.25, 0.3) is 0 Å². The number of quaternary nitrogens is 1. The van der Waals surface area contributed by atoms with E-state index in [1.54, 1.807) is 12.0 Å². The van der Waals surface area contributed by atoms with Gasteiger partial charge in [0.05, 0.1) is 13.2 Å². The van der Waals surface area contributed by atoms with Crippen molar-refractivity contribution in [1.82, 2.24) is 5.32 Å². The van der Waals surface area contributed by atoms with Gasteiger partial charge in [0, 0.05) is 36.3 Å². The van der Waals surface area contributed by atoms with Gasteiger partial charge < -0.3 is 15.0 Å². The third-order valence-corrected chi connectivity index (χ3v) is 4.77. The Kier molecular flexibility index (Phi) is 5.84. The summed E-state index contributed by atoms with van der Waals surface area (Å²) in [6, 6.07) is 16.7. The van der Waals surface area contributed by atoms with Crippen molar-refractivity contribution in [2.24, 2.45) is 0 Å². The van der Waals surface area contributed by atoms with E-state index in [9.17, 15) is 4.79 Å². The highest BCUT2D eigenvalue weighted by Crippen LogP contribution is 2.11. The van der Waals surface area contributed by atoms with E-state index in [4.69, 9.17) is 4.74 Å². The zero-order chi connectivity index (χ0) is 17.6. The van der Waals surface area contributed by atoms with Crippen molar-refractivity contribution in [1.29, 1.82) is 0 Å². The van der Waals surface area contributed by atoms with Crippen molar-refractivity contribution in [3.63, 3.8) is 0 Å². The summed E-state index contributed by atoms with van der Waals surface area (Å²) in [6.07, 6.45) is 1.14. The molecule has 1 aliphatic heterocycles. The maximum absolute atomic E-state index is 12.2. The van der Waals surface area contributed by atoms with E-state index in [2.05, 4.69) is 41.7 Å². The van der Waals surface area contributed by atoms with Crippen LogP contribution in [0.15, 0.2) is 48.5 Å². The first kappa shape index (κ1) is 17.6. The van der Waals surface area contributed by atoms with Crippen molar-refractivity contribution < 1.29 is 14.4 Å². The highest BCUT2D eigenvalue weighted by atomic mass is 16.5. The fourth-order valence-electron chi connectivity index (χ4n) is 3.46. The molecule has 2 aromatic rings. The third kappa shape index (κ3) is 4.68. The SMILES string of the molecule is COC[C@@H](C)NC(=O)c1ccc(C[NH+]2CCc3ccccc3C2)cc1. The fraction of sp³-hybridized carbons (Fsp3) is 0.381. The summed E-state index contributed by atoms with van der Waals surface area (Å²) in [4.78, 5) is 13.8. The Balaban J connectivity index is 1.57. The van der Waals surface area contributed by atoms with Gasteiger partial charge in [-0.1, -0.05) is 36.4 Å². The number of methoxy groups -OCH3 is 1. The Morgan fingerprint density at radius 1 is 1.16 bits per heavy atom. The number of carbonyl (C=O) groups is 1. The van der Waals surface area contributed by atoms with Crippen molar-refractivity contribution in [3.8, 4) is 0 Å². The molecule has 132 valence electrons. The normalized spacial score (nSPS) is 17.6. The van der Waals surface area contributed by atoms with Crippen LogP contribution in [0.1, 0.15) is 34.0 Å². The van der Waals surface area contributed by atoms with Crippen molar-refractivity contribution in [2.45, 2.75) is 32.5 Å². The van der Waals surface area contributed by atoms with E-state index in [1.165, 1.54) is 16.7 Å². The lowest BCUT2D eigenvalue weighted by atomic mass is 9.99. The van der Waals surface area contributed by atoms with Crippen LogP contribution < -0.4 is 10.2 Å². The Hall–Kier alpha value is -2.17. The smallest absolute Gasteiger partial charge is 0.251 e. The summed E-state index contributed by atoms with van der Waals surface area (Å²) in [7, 11) is 1.64. The van der Waals surface area contributed by atoms with Crippen LogP contribution >= 0.6 is 0 Å². The summed E-state index contributed by atoms with van der Waals surface area (Å²) < 4.78 is 5.05. The molecule has 0 aliphatic carbocycles. The molecular formula is C21H27N2O2+. The van der Waals surface area contributed by atoms with E-state index in [1.807, 2.05) is 19.1 Å². The lowest BCUT2D eigenvalue weighted by Gasteiger charge is -2.26. The van der Waals surface area contributed by atoms with Crippen LogP contribution in [-0.2, 0) is 24.2 Å². The number of ether oxygens (including phenoxy) is 1. The predicted molar refractivity (Wildman–Crippen MR) is 98.6 cm³/mol. The minimum Gasteiger partial charge on any atom is -0.383 e. The molecule has 0 spiro atoms. The van der Waals surface area contributed by atoms with Crippen LogP contribution in [-0.4, -0.2) is 32.2 Å². The highest BCUT2D eigenvalue weighted by molar-refractivity contribution is 5.94. The molecular weight excluding hydrogens is 312 g/mol. The van der Waals surface area contributed by atoms with Crippen LogP contribution in [0.3, 0.4) is 0 Å². The van der Waals surface area contributed by atoms with Crippen molar-refractivity contribution in [2.75, 3.05) is 20.3 Å². The highest BCUT2D eigenvalue weighted by Gasteiger charge is 2.19. The second kappa shape index (κ2) is 8.28. The molecule has 0 saturated carbocycles. The molecule has 25 heavy (non-hydrogen) atoms. The standard InChI is InChI=1S/C21H26N2O2/c1-16(15-25-2)22-21(24)19-9-7-17(8-10-19)13-23-12-11-18-5-3-4-6-20(18)14-23/h3-10,16H,11-15H2,1-2H3,(H,22,24)/p+1/t16-/m1/s1. The Morgan fingerprint density at radius 2 is 1.88 bits per heavy atom. The van der Waals surface area contributed by atoms with Gasteiger partial charge in [-0.3, -0.25) is 4.79 Å². The lowest BCUT2D eigenvalue weighted by molar-refractivity contribution is -0.929. The first-order valence-electron chi connectivity index (χ1n) is 8.95. The Labute approximate surface area is 149 Å². The lowest BCUT2D eigenvalue weighted by Crippen LogP contribution is -3.10. The third-order valence-electron chi connectivity index (χ3n) is 4.77. The zero-order valence-electron chi connectivity index (χ0n) is 15.0. The van der Waals surface area contributed by atoms with E-state index >= 15 is 0 Å². The summed E-state index contributed by atoms with van der Waals surface area (Å²) in [5.41, 5.74) is 4.93. The molecule has 2 N–H and O–H groups in total. The molecule has 0 radical (unpaired) electrons. The number of carbonyl (C=O) groups excluding carboxylic acids is 1. The van der Waals surface area contributed by atoms with Gasteiger partial charge in [0.15, 0.2) is 0 Å². The number of benzene rings is 2. The van der Waals surface area contributed by atoms with Crippen LogP contribution in [0, 0.1) is 0 Å². The summed E-state index contributed by atoms with van der Waals surface area (Å²) in [6.45, 7) is 5.69. The van der Waals surface area contributed by atoms with E-state index < -0.39 is 0 Å². The van der Waals surface area contributed by atoms with Crippen LogP contribution in [0.4, 0.5) is 0 Å². The second-order valence-corrected chi connectivity index (χ2v) is 6.90. The molecule has 1 aliphatic rings. The number of rotatable bonds is 6. The van der Waals surface area contributed by atoms with E-state index in [-0.39, 0.29) is 11.9 Å². The van der Waals surface area contributed by atoms with Gasteiger partial charge in [0.25, 0.3) is 5.91 Å². The fourth-order valence-corrected chi connectivity index (χ4v) is 3.46. The molecule has 1 unspecified atom stereocenters. The molecule has 1 heterocycles. The van der Waals surface area contributed by atoms with E-state index in [0.717, 1.165) is 26.1 Å². The maximum Gasteiger partial charge on any atom is 0.251 e. The van der Waals surface area contributed by atoms with Gasteiger partial charge in [-0.05, 0) is 24.6 Å². The number of hydrogen-bond acceptors (Lipinski definition) is 2. The number of hydrogen-bond donors (Lipinski definition) is 2. The maximum atomic E-state index is 12.2. The largest absolute Gasteiger partial charge is 0.383 e. The molecule has 1 amide bonds. The predicted octanol–water partition coefficient (Wildman–Crippen LogP) is 1.59. The van der Waals surface area contributed by atoms with Crippen LogP contribution in [0.2, 0.25) is 0 Å². The molecule has 0 bridgehead atoms. The minimum absolute atomic E-state index is 0.00930. The first-order chi connectivity index (χ1) is 12.2. The second-order valence-electron chi connectivity index (χ2n) is 6.90.